The van der Waals surface area contributed by atoms with E-state index in [0.29, 0.717) is 17.5 Å². The zero-order valence-electron chi connectivity index (χ0n) is 10.5. The fourth-order valence-corrected chi connectivity index (χ4v) is 2.44. The van der Waals surface area contributed by atoms with Gasteiger partial charge in [0.2, 0.25) is 0 Å². The SMILES string of the molecule is CN1CC(c2nc3ccnc(-c4ccco4)n3n2)C1. The van der Waals surface area contributed by atoms with Gasteiger partial charge < -0.3 is 9.32 Å². The van der Waals surface area contributed by atoms with Crippen LogP contribution in [0.3, 0.4) is 0 Å². The minimum absolute atomic E-state index is 0.425. The van der Waals surface area contributed by atoms with E-state index in [-0.39, 0.29) is 0 Å². The minimum Gasteiger partial charge on any atom is -0.461 e. The van der Waals surface area contributed by atoms with Crippen LogP contribution in [-0.4, -0.2) is 44.6 Å². The first-order chi connectivity index (χ1) is 9.31. The second kappa shape index (κ2) is 3.89. The van der Waals surface area contributed by atoms with Gasteiger partial charge in [0.25, 0.3) is 0 Å². The van der Waals surface area contributed by atoms with Crippen molar-refractivity contribution in [2.75, 3.05) is 20.1 Å². The van der Waals surface area contributed by atoms with Crippen molar-refractivity contribution < 1.29 is 4.42 Å². The average Bonchev–Trinajstić information content (AvgIpc) is 3.03. The maximum absolute atomic E-state index is 5.40. The molecule has 0 unspecified atom stereocenters. The van der Waals surface area contributed by atoms with Gasteiger partial charge in [-0.15, -0.1) is 5.10 Å². The van der Waals surface area contributed by atoms with Crippen molar-refractivity contribution in [3.8, 4) is 11.6 Å². The van der Waals surface area contributed by atoms with Crippen LogP contribution in [0.2, 0.25) is 0 Å². The lowest BCUT2D eigenvalue weighted by atomic mass is 10.0. The Morgan fingerprint density at radius 2 is 2.21 bits per heavy atom. The van der Waals surface area contributed by atoms with Gasteiger partial charge in [0.05, 0.1) is 6.26 Å². The summed E-state index contributed by atoms with van der Waals surface area (Å²) < 4.78 is 7.15. The van der Waals surface area contributed by atoms with Crippen LogP contribution in [0.4, 0.5) is 0 Å². The summed E-state index contributed by atoms with van der Waals surface area (Å²) in [4.78, 5) is 11.2. The van der Waals surface area contributed by atoms with Gasteiger partial charge in [-0.3, -0.25) is 0 Å². The Labute approximate surface area is 109 Å². The second-order valence-electron chi connectivity index (χ2n) is 4.90. The van der Waals surface area contributed by atoms with Gasteiger partial charge in [0, 0.05) is 31.3 Å². The van der Waals surface area contributed by atoms with E-state index < -0.39 is 0 Å². The van der Waals surface area contributed by atoms with Crippen molar-refractivity contribution in [3.63, 3.8) is 0 Å². The fraction of sp³-hybridized carbons (Fsp3) is 0.308. The van der Waals surface area contributed by atoms with E-state index in [2.05, 4.69) is 27.0 Å². The predicted molar refractivity (Wildman–Crippen MR) is 68.7 cm³/mol. The van der Waals surface area contributed by atoms with Crippen LogP contribution >= 0.6 is 0 Å². The molecule has 6 heteroatoms. The molecule has 0 spiro atoms. The molecule has 0 radical (unpaired) electrons. The zero-order chi connectivity index (χ0) is 12.8. The summed E-state index contributed by atoms with van der Waals surface area (Å²) in [5.41, 5.74) is 0.811. The molecule has 1 aliphatic heterocycles. The molecular weight excluding hydrogens is 242 g/mol. The first-order valence-corrected chi connectivity index (χ1v) is 6.25. The van der Waals surface area contributed by atoms with Gasteiger partial charge in [0.15, 0.2) is 23.1 Å². The zero-order valence-corrected chi connectivity index (χ0v) is 10.5. The quantitative estimate of drug-likeness (QED) is 0.693. The number of furan rings is 1. The summed E-state index contributed by atoms with van der Waals surface area (Å²) in [6.07, 6.45) is 3.37. The highest BCUT2D eigenvalue weighted by Gasteiger charge is 2.28. The number of aromatic nitrogens is 4. The Morgan fingerprint density at radius 1 is 1.32 bits per heavy atom. The molecule has 1 aliphatic rings. The summed E-state index contributed by atoms with van der Waals surface area (Å²) in [6.45, 7) is 2.03. The number of fused-ring (bicyclic) bond motifs is 1. The average molecular weight is 255 g/mol. The molecule has 0 aliphatic carbocycles. The van der Waals surface area contributed by atoms with Crippen LogP contribution in [0.15, 0.2) is 35.1 Å². The second-order valence-corrected chi connectivity index (χ2v) is 4.90. The first kappa shape index (κ1) is 10.7. The molecule has 1 fully saturated rings. The van der Waals surface area contributed by atoms with Crippen molar-refractivity contribution in [2.45, 2.75) is 5.92 Å². The van der Waals surface area contributed by atoms with Gasteiger partial charge >= 0.3 is 0 Å². The van der Waals surface area contributed by atoms with Crippen molar-refractivity contribution >= 4 is 5.65 Å². The van der Waals surface area contributed by atoms with E-state index in [9.17, 15) is 0 Å². The van der Waals surface area contributed by atoms with E-state index in [1.807, 2.05) is 18.2 Å². The van der Waals surface area contributed by atoms with Gasteiger partial charge in [0.1, 0.15) is 0 Å². The van der Waals surface area contributed by atoms with Crippen molar-refractivity contribution in [1.29, 1.82) is 0 Å². The summed E-state index contributed by atoms with van der Waals surface area (Å²) in [6, 6.07) is 5.58. The summed E-state index contributed by atoms with van der Waals surface area (Å²) in [5.74, 6) is 2.70. The fourth-order valence-electron chi connectivity index (χ4n) is 2.44. The molecule has 0 N–H and O–H groups in total. The van der Waals surface area contributed by atoms with Crippen molar-refractivity contribution in [1.82, 2.24) is 24.5 Å². The number of nitrogens with zero attached hydrogens (tertiary/aromatic N) is 5. The Hall–Kier alpha value is -2.21. The molecule has 19 heavy (non-hydrogen) atoms. The number of likely N-dealkylation sites (tertiary alicyclic amines) is 1. The first-order valence-electron chi connectivity index (χ1n) is 6.25. The van der Waals surface area contributed by atoms with Crippen LogP contribution in [0.25, 0.3) is 17.2 Å². The molecule has 0 saturated carbocycles. The number of hydrogen-bond acceptors (Lipinski definition) is 5. The largest absolute Gasteiger partial charge is 0.461 e. The van der Waals surface area contributed by atoms with E-state index >= 15 is 0 Å². The molecule has 4 rings (SSSR count). The summed E-state index contributed by atoms with van der Waals surface area (Å²) in [7, 11) is 2.10. The van der Waals surface area contributed by atoms with E-state index in [1.54, 1.807) is 17.0 Å². The van der Waals surface area contributed by atoms with Gasteiger partial charge in [-0.05, 0) is 19.2 Å². The Morgan fingerprint density at radius 3 is 2.95 bits per heavy atom. The third-order valence-corrected chi connectivity index (χ3v) is 3.44. The molecule has 96 valence electrons. The van der Waals surface area contributed by atoms with E-state index in [4.69, 9.17) is 4.42 Å². The molecule has 0 amide bonds. The van der Waals surface area contributed by atoms with Gasteiger partial charge in [-0.25, -0.2) is 9.97 Å². The molecule has 4 heterocycles. The molecular formula is C13H13N5O. The highest BCUT2D eigenvalue weighted by Crippen LogP contribution is 2.24. The highest BCUT2D eigenvalue weighted by molar-refractivity contribution is 5.52. The molecule has 0 aromatic carbocycles. The predicted octanol–water partition coefficient (Wildman–Crippen LogP) is 1.41. The molecule has 0 bridgehead atoms. The van der Waals surface area contributed by atoms with Gasteiger partial charge in [-0.2, -0.15) is 4.52 Å². The van der Waals surface area contributed by atoms with Crippen molar-refractivity contribution in [2.24, 2.45) is 0 Å². The lowest BCUT2D eigenvalue weighted by Gasteiger charge is -2.33. The van der Waals surface area contributed by atoms with E-state index in [0.717, 1.165) is 24.6 Å². The smallest absolute Gasteiger partial charge is 0.198 e. The van der Waals surface area contributed by atoms with E-state index in [1.165, 1.54) is 0 Å². The standard InChI is InChI=1S/C13H13N5O/c1-17-7-9(8-17)12-15-11-4-5-14-13(18(11)16-12)10-3-2-6-19-10/h2-6,9H,7-8H2,1H3. The number of hydrogen-bond donors (Lipinski definition) is 0. The van der Waals surface area contributed by atoms with Crippen LogP contribution in [0, 0.1) is 0 Å². The minimum atomic E-state index is 0.425. The molecule has 6 nitrogen and oxygen atoms in total. The number of rotatable bonds is 2. The van der Waals surface area contributed by atoms with Crippen LogP contribution < -0.4 is 0 Å². The van der Waals surface area contributed by atoms with Crippen molar-refractivity contribution in [3.05, 3.63) is 36.5 Å². The topological polar surface area (TPSA) is 59.5 Å². The monoisotopic (exact) mass is 255 g/mol. The Balaban J connectivity index is 1.83. The van der Waals surface area contributed by atoms with Gasteiger partial charge in [-0.1, -0.05) is 0 Å². The molecule has 1 saturated heterocycles. The number of likely N-dealkylation sites (N-methyl/N-ethyl adjacent to an activating group) is 1. The molecule has 0 atom stereocenters. The summed E-state index contributed by atoms with van der Waals surface area (Å²) in [5, 5.41) is 4.58. The van der Waals surface area contributed by atoms with Crippen LogP contribution in [0.5, 0.6) is 0 Å². The lowest BCUT2D eigenvalue weighted by Crippen LogP contribution is -2.42. The third-order valence-electron chi connectivity index (χ3n) is 3.44. The highest BCUT2D eigenvalue weighted by atomic mass is 16.3. The molecule has 3 aromatic heterocycles. The maximum Gasteiger partial charge on any atom is 0.198 e. The van der Waals surface area contributed by atoms with Crippen LogP contribution in [-0.2, 0) is 0 Å². The summed E-state index contributed by atoms with van der Waals surface area (Å²) >= 11 is 0. The Bertz CT molecular complexity index is 712. The Kier molecular flexibility index (Phi) is 2.19. The lowest BCUT2D eigenvalue weighted by molar-refractivity contribution is 0.183. The van der Waals surface area contributed by atoms with Crippen LogP contribution in [0.1, 0.15) is 11.7 Å². The molecule has 3 aromatic rings. The third kappa shape index (κ3) is 1.64. The normalized spacial score (nSPS) is 16.9. The maximum atomic E-state index is 5.40.